The molecule has 4 atom stereocenters. The Hall–Kier alpha value is -5.68. The fraction of sp³-hybridized carbons (Fsp3) is 0.467. The molecule has 3 aliphatic heterocycles. The molecular formula is C45H51F2N7O5. The molecule has 2 N–H and O–H groups in total. The van der Waals surface area contributed by atoms with Crippen LogP contribution in [0.15, 0.2) is 55.3 Å². The number of amides is 1. The smallest absolute Gasteiger partial charge is 0.318 e. The van der Waals surface area contributed by atoms with Gasteiger partial charge in [-0.1, -0.05) is 31.4 Å². The Morgan fingerprint density at radius 1 is 1.22 bits per heavy atom. The van der Waals surface area contributed by atoms with Gasteiger partial charge < -0.3 is 39.3 Å². The Labute approximate surface area is 343 Å². The van der Waals surface area contributed by atoms with Crippen molar-refractivity contribution in [1.82, 2.24) is 19.9 Å². The maximum absolute atomic E-state index is 15.4. The van der Waals surface area contributed by atoms with Crippen LogP contribution in [0.5, 0.6) is 17.5 Å². The van der Waals surface area contributed by atoms with Crippen LogP contribution >= 0.6 is 0 Å². The standard InChI is InChI=1S/C45H51F2N7O5/c1-6-34-36(47)12-10-29-18-33(55)20-35(40(29)34)30-19-37-41(58-25-30)42(49-26-45(14-8-9-15-45)52(5)39(56)7-2)51-43(50-37)59-27-44(4)21-31(46)23-54(44)32-11-13-38(48-22-32)53-16-17-57-24-28(53)3/h1,7,10-13,18,20,22,28,30-31,55H,2,8-9,14-17,19,21,23-27H2,3-5H3,(H,49,50,51)/t28-,30-,31-,44+/m1/s1. The van der Waals surface area contributed by atoms with Crippen molar-refractivity contribution < 1.29 is 32.9 Å². The van der Waals surface area contributed by atoms with Crippen LogP contribution in [-0.4, -0.2) is 107 Å². The number of hydrogen-bond donors (Lipinski definition) is 2. The number of benzene rings is 2. The number of halogens is 2. The lowest BCUT2D eigenvalue weighted by Gasteiger charge is -2.39. The zero-order valence-corrected chi connectivity index (χ0v) is 33.8. The molecule has 0 spiro atoms. The first kappa shape index (κ1) is 40.1. The van der Waals surface area contributed by atoms with E-state index in [0.717, 1.165) is 43.7 Å². The van der Waals surface area contributed by atoms with Crippen LogP contribution < -0.4 is 24.6 Å². The molecule has 5 heterocycles. The molecule has 4 aromatic rings. The van der Waals surface area contributed by atoms with Gasteiger partial charge in [0.25, 0.3) is 0 Å². The minimum absolute atomic E-state index is 0.0167. The summed E-state index contributed by atoms with van der Waals surface area (Å²) in [6.45, 7) is 10.6. The van der Waals surface area contributed by atoms with Crippen molar-refractivity contribution in [3.63, 3.8) is 0 Å². The molecule has 1 saturated carbocycles. The molecule has 0 radical (unpaired) electrons. The highest BCUT2D eigenvalue weighted by Crippen LogP contribution is 2.43. The number of rotatable bonds is 11. The third kappa shape index (κ3) is 7.68. The molecule has 4 aliphatic rings. The van der Waals surface area contributed by atoms with E-state index in [-0.39, 0.29) is 61.4 Å². The first-order chi connectivity index (χ1) is 28.4. The van der Waals surface area contributed by atoms with Crippen LogP contribution in [0.1, 0.15) is 68.7 Å². The number of hydrogen-bond acceptors (Lipinski definition) is 11. The van der Waals surface area contributed by atoms with Gasteiger partial charge in [-0.15, -0.1) is 6.42 Å². The van der Waals surface area contributed by atoms with Crippen molar-refractivity contribution in [1.29, 1.82) is 0 Å². The molecule has 2 aromatic heterocycles. The lowest BCUT2D eigenvalue weighted by Crippen LogP contribution is -2.51. The molecule has 2 aromatic carbocycles. The maximum atomic E-state index is 15.4. The van der Waals surface area contributed by atoms with Gasteiger partial charge >= 0.3 is 6.01 Å². The van der Waals surface area contributed by atoms with Crippen molar-refractivity contribution in [2.24, 2.45) is 0 Å². The fourth-order valence-corrected chi connectivity index (χ4v) is 9.45. The second-order valence-corrected chi connectivity index (χ2v) is 16.6. The third-order valence-corrected chi connectivity index (χ3v) is 12.7. The number of ether oxygens (including phenoxy) is 3. The predicted molar refractivity (Wildman–Crippen MR) is 223 cm³/mol. The van der Waals surface area contributed by atoms with E-state index < -0.39 is 23.1 Å². The minimum Gasteiger partial charge on any atom is -0.508 e. The van der Waals surface area contributed by atoms with E-state index in [1.807, 2.05) is 24.0 Å². The monoisotopic (exact) mass is 807 g/mol. The van der Waals surface area contributed by atoms with Gasteiger partial charge in [-0.2, -0.15) is 9.97 Å². The molecule has 0 unspecified atom stereocenters. The van der Waals surface area contributed by atoms with Gasteiger partial charge in [-0.05, 0) is 74.0 Å². The molecule has 59 heavy (non-hydrogen) atoms. The number of aromatic hydroxyl groups is 1. The van der Waals surface area contributed by atoms with Gasteiger partial charge in [0.2, 0.25) is 5.91 Å². The van der Waals surface area contributed by atoms with Gasteiger partial charge in [0.1, 0.15) is 30.2 Å². The number of likely N-dealkylation sites (N-methyl/N-ethyl adjacent to an activating group) is 1. The summed E-state index contributed by atoms with van der Waals surface area (Å²) in [5, 5.41) is 15.4. The number of terminal acetylenes is 1. The van der Waals surface area contributed by atoms with E-state index in [4.69, 9.17) is 35.6 Å². The highest BCUT2D eigenvalue weighted by atomic mass is 19.1. The number of aromatic nitrogens is 3. The lowest BCUT2D eigenvalue weighted by molar-refractivity contribution is -0.129. The summed E-state index contributed by atoms with van der Waals surface area (Å²) in [4.78, 5) is 33.3. The molecule has 12 nitrogen and oxygen atoms in total. The van der Waals surface area contributed by atoms with Crippen molar-refractivity contribution in [3.8, 4) is 29.9 Å². The minimum atomic E-state index is -1.09. The van der Waals surface area contributed by atoms with Gasteiger partial charge in [-0.3, -0.25) is 4.79 Å². The lowest BCUT2D eigenvalue weighted by atomic mass is 9.87. The molecule has 0 bridgehead atoms. The second-order valence-electron chi connectivity index (χ2n) is 16.6. The summed E-state index contributed by atoms with van der Waals surface area (Å²) in [6, 6.07) is 10.3. The zero-order valence-electron chi connectivity index (χ0n) is 33.8. The molecule has 1 amide bonds. The maximum Gasteiger partial charge on any atom is 0.318 e. The summed E-state index contributed by atoms with van der Waals surface area (Å²) < 4.78 is 48.9. The van der Waals surface area contributed by atoms with E-state index in [9.17, 15) is 9.90 Å². The SMILES string of the molecule is C#Cc1c(F)ccc2cc(O)cc([C@H]3COc4c(nc(OC[C@]5(C)C[C@@H](F)CN5c5ccc(N6CCOC[C@H]6C)nc5)nc4NCC4(N(C)C(=O)C=C)CCCC4)C3)c12. The quantitative estimate of drug-likeness (QED) is 0.127. The first-order valence-electron chi connectivity index (χ1n) is 20.4. The number of nitrogens with zero attached hydrogens (tertiary/aromatic N) is 6. The average molecular weight is 808 g/mol. The Morgan fingerprint density at radius 3 is 2.76 bits per heavy atom. The summed E-state index contributed by atoms with van der Waals surface area (Å²) in [7, 11) is 1.80. The van der Waals surface area contributed by atoms with Crippen molar-refractivity contribution in [2.75, 3.05) is 68.2 Å². The largest absolute Gasteiger partial charge is 0.508 e. The van der Waals surface area contributed by atoms with Crippen LogP contribution in [0.25, 0.3) is 10.8 Å². The molecule has 8 rings (SSSR count). The summed E-state index contributed by atoms with van der Waals surface area (Å²) in [5.74, 6) is 3.14. The zero-order chi connectivity index (χ0) is 41.5. The number of pyridine rings is 1. The third-order valence-electron chi connectivity index (χ3n) is 12.7. The number of alkyl halides is 1. The van der Waals surface area contributed by atoms with Gasteiger partial charge in [0.15, 0.2) is 11.6 Å². The highest BCUT2D eigenvalue weighted by Gasteiger charge is 2.44. The number of carbonyl (C=O) groups excluding carboxylic acids is 1. The number of anilines is 3. The van der Waals surface area contributed by atoms with Crippen LogP contribution in [-0.2, 0) is 16.0 Å². The normalized spacial score (nSPS) is 23.6. The molecular weight excluding hydrogens is 757 g/mol. The number of morpholine rings is 1. The topological polar surface area (TPSA) is 125 Å². The number of nitrogens with one attached hydrogen (secondary N) is 1. The van der Waals surface area contributed by atoms with Crippen LogP contribution in [0.3, 0.4) is 0 Å². The number of fused-ring (bicyclic) bond motifs is 2. The number of phenolic OH excluding ortho intramolecular Hbond substituents is 1. The van der Waals surface area contributed by atoms with E-state index in [0.29, 0.717) is 59.8 Å². The Morgan fingerprint density at radius 2 is 2.03 bits per heavy atom. The van der Waals surface area contributed by atoms with E-state index in [1.165, 1.54) is 12.1 Å². The van der Waals surface area contributed by atoms with Crippen LogP contribution in [0, 0.1) is 18.2 Å². The molecule has 14 heteroatoms. The fourth-order valence-electron chi connectivity index (χ4n) is 9.45. The predicted octanol–water partition coefficient (Wildman–Crippen LogP) is 6.55. The number of phenols is 1. The first-order valence-corrected chi connectivity index (χ1v) is 20.4. The van der Waals surface area contributed by atoms with E-state index >= 15 is 8.78 Å². The number of carbonyl (C=O) groups is 1. The highest BCUT2D eigenvalue weighted by molar-refractivity contribution is 5.93. The van der Waals surface area contributed by atoms with Crippen molar-refractivity contribution in [2.45, 2.75) is 81.6 Å². The van der Waals surface area contributed by atoms with Crippen molar-refractivity contribution in [3.05, 3.63) is 77.9 Å². The van der Waals surface area contributed by atoms with Crippen molar-refractivity contribution >= 4 is 34.0 Å². The summed E-state index contributed by atoms with van der Waals surface area (Å²) >= 11 is 0. The molecule has 3 fully saturated rings. The Bertz CT molecular complexity index is 2280. The average Bonchev–Trinajstić information content (AvgIpc) is 3.85. The summed E-state index contributed by atoms with van der Waals surface area (Å²) in [5.41, 5.74) is 0.821. The second kappa shape index (κ2) is 16.2. The Balaban J connectivity index is 1.11. The van der Waals surface area contributed by atoms with Gasteiger partial charge in [0.05, 0.1) is 66.6 Å². The molecule has 2 saturated heterocycles. The van der Waals surface area contributed by atoms with E-state index in [2.05, 4.69) is 29.6 Å². The summed E-state index contributed by atoms with van der Waals surface area (Å²) in [6.07, 6.45) is 11.9. The van der Waals surface area contributed by atoms with Gasteiger partial charge in [0, 0.05) is 44.3 Å². The van der Waals surface area contributed by atoms with Crippen LogP contribution in [0.4, 0.5) is 26.1 Å². The van der Waals surface area contributed by atoms with Crippen LogP contribution in [0.2, 0.25) is 0 Å². The van der Waals surface area contributed by atoms with E-state index in [1.54, 1.807) is 36.3 Å². The molecule has 310 valence electrons. The molecule has 1 aliphatic carbocycles. The Kier molecular flexibility index (Phi) is 11.0. The van der Waals surface area contributed by atoms with Gasteiger partial charge in [-0.25, -0.2) is 13.8 Å².